The minimum Gasteiger partial charge on any atom is -0.461 e. The highest BCUT2D eigenvalue weighted by Crippen LogP contribution is 2.05. The fourth-order valence-electron chi connectivity index (χ4n) is 1.20. The van der Waals surface area contributed by atoms with E-state index in [-0.39, 0.29) is 12.6 Å². The van der Waals surface area contributed by atoms with Crippen LogP contribution in [0.15, 0.2) is 12.2 Å². The zero-order valence-corrected chi connectivity index (χ0v) is 9.50. The lowest BCUT2D eigenvalue weighted by Gasteiger charge is -2.01. The summed E-state index contributed by atoms with van der Waals surface area (Å²) in [5.41, 5.74) is 0. The van der Waals surface area contributed by atoms with E-state index in [0.717, 1.165) is 12.8 Å². The standard InChI is InChI=1S/C13H20O2/c1-3-5-7-8-9-11-13(14)15-12-10-6-4-2/h2,6,10H,3,5,7-9,11-12H2,1H3/b10-6+. The summed E-state index contributed by atoms with van der Waals surface area (Å²) in [5.74, 6) is 2.20. The summed E-state index contributed by atoms with van der Waals surface area (Å²) >= 11 is 0. The van der Waals surface area contributed by atoms with Crippen molar-refractivity contribution in [1.82, 2.24) is 0 Å². The van der Waals surface area contributed by atoms with Crippen LogP contribution in [0.5, 0.6) is 0 Å². The lowest BCUT2D eigenvalue weighted by molar-refractivity contribution is -0.142. The van der Waals surface area contributed by atoms with Crippen LogP contribution in [0.4, 0.5) is 0 Å². The Hall–Kier alpha value is -1.23. The number of hydrogen-bond acceptors (Lipinski definition) is 2. The monoisotopic (exact) mass is 208 g/mol. The third-order valence-corrected chi connectivity index (χ3v) is 2.04. The van der Waals surface area contributed by atoms with Crippen LogP contribution < -0.4 is 0 Å². The van der Waals surface area contributed by atoms with Crippen LogP contribution in [0.25, 0.3) is 0 Å². The number of rotatable bonds is 8. The van der Waals surface area contributed by atoms with Gasteiger partial charge in [-0.25, -0.2) is 0 Å². The van der Waals surface area contributed by atoms with Crippen LogP contribution in [0, 0.1) is 12.3 Å². The van der Waals surface area contributed by atoms with E-state index in [1.807, 2.05) is 0 Å². The van der Waals surface area contributed by atoms with Crippen LogP contribution in [-0.2, 0) is 9.53 Å². The maximum absolute atomic E-state index is 11.1. The average molecular weight is 208 g/mol. The molecule has 0 aromatic heterocycles. The van der Waals surface area contributed by atoms with E-state index in [1.165, 1.54) is 25.3 Å². The number of ether oxygens (including phenoxy) is 1. The molecule has 2 heteroatoms. The second-order valence-electron chi connectivity index (χ2n) is 3.42. The summed E-state index contributed by atoms with van der Waals surface area (Å²) in [5, 5.41) is 0. The zero-order chi connectivity index (χ0) is 11.4. The first-order chi connectivity index (χ1) is 7.31. The average Bonchev–Trinajstić information content (AvgIpc) is 2.24. The molecule has 0 aliphatic carbocycles. The molecule has 0 saturated heterocycles. The fourth-order valence-corrected chi connectivity index (χ4v) is 1.20. The minimum absolute atomic E-state index is 0.131. The predicted molar refractivity (Wildman–Crippen MR) is 62.3 cm³/mol. The minimum atomic E-state index is -0.131. The Morgan fingerprint density at radius 1 is 1.33 bits per heavy atom. The fraction of sp³-hybridized carbons (Fsp3) is 0.615. The zero-order valence-electron chi connectivity index (χ0n) is 9.50. The third kappa shape index (κ3) is 10.7. The van der Waals surface area contributed by atoms with Gasteiger partial charge in [0.05, 0.1) is 0 Å². The van der Waals surface area contributed by atoms with E-state index in [0.29, 0.717) is 6.42 Å². The summed E-state index contributed by atoms with van der Waals surface area (Å²) in [7, 11) is 0. The molecular formula is C13H20O2. The molecule has 0 bridgehead atoms. The van der Waals surface area contributed by atoms with Gasteiger partial charge in [-0.3, -0.25) is 4.79 Å². The van der Waals surface area contributed by atoms with Crippen LogP contribution in [0.1, 0.15) is 45.4 Å². The van der Waals surface area contributed by atoms with Crippen molar-refractivity contribution >= 4 is 5.97 Å². The van der Waals surface area contributed by atoms with E-state index < -0.39 is 0 Å². The Morgan fingerprint density at radius 2 is 2.07 bits per heavy atom. The maximum atomic E-state index is 11.1. The molecule has 0 unspecified atom stereocenters. The van der Waals surface area contributed by atoms with Crippen molar-refractivity contribution in [2.24, 2.45) is 0 Å². The van der Waals surface area contributed by atoms with Gasteiger partial charge < -0.3 is 4.74 Å². The molecule has 0 saturated carbocycles. The molecule has 0 aliphatic rings. The number of carbonyl (C=O) groups is 1. The van der Waals surface area contributed by atoms with Crippen molar-refractivity contribution in [3.05, 3.63) is 12.2 Å². The highest BCUT2D eigenvalue weighted by atomic mass is 16.5. The number of carbonyl (C=O) groups excluding carboxylic acids is 1. The quantitative estimate of drug-likeness (QED) is 0.348. The van der Waals surface area contributed by atoms with Crippen LogP contribution in [0.3, 0.4) is 0 Å². The molecule has 2 nitrogen and oxygen atoms in total. The highest BCUT2D eigenvalue weighted by molar-refractivity contribution is 5.69. The molecule has 0 heterocycles. The SMILES string of the molecule is C#C/C=C/COC(=O)CCCCCCC. The van der Waals surface area contributed by atoms with Gasteiger partial charge in [-0.15, -0.1) is 6.42 Å². The van der Waals surface area contributed by atoms with Gasteiger partial charge in [-0.1, -0.05) is 38.5 Å². The van der Waals surface area contributed by atoms with E-state index in [9.17, 15) is 4.79 Å². The van der Waals surface area contributed by atoms with Gasteiger partial charge in [0, 0.05) is 6.42 Å². The van der Waals surface area contributed by atoms with Gasteiger partial charge in [-0.2, -0.15) is 0 Å². The molecule has 0 N–H and O–H groups in total. The smallest absolute Gasteiger partial charge is 0.306 e. The molecule has 0 rings (SSSR count). The molecule has 0 aromatic rings. The summed E-state index contributed by atoms with van der Waals surface area (Å²) in [6, 6.07) is 0. The molecule has 0 atom stereocenters. The maximum Gasteiger partial charge on any atom is 0.306 e. The van der Waals surface area contributed by atoms with Gasteiger partial charge in [0.25, 0.3) is 0 Å². The van der Waals surface area contributed by atoms with Crippen molar-refractivity contribution in [3.8, 4) is 12.3 Å². The first-order valence-electron chi connectivity index (χ1n) is 5.58. The van der Waals surface area contributed by atoms with Gasteiger partial charge in [0.15, 0.2) is 0 Å². The number of hydrogen-bond donors (Lipinski definition) is 0. The lowest BCUT2D eigenvalue weighted by Crippen LogP contribution is -2.03. The van der Waals surface area contributed by atoms with Gasteiger partial charge >= 0.3 is 5.97 Å². The van der Waals surface area contributed by atoms with Crippen molar-refractivity contribution in [3.63, 3.8) is 0 Å². The van der Waals surface area contributed by atoms with E-state index >= 15 is 0 Å². The second kappa shape index (κ2) is 10.8. The molecule has 0 aliphatic heterocycles. The predicted octanol–water partition coefficient (Wildman–Crippen LogP) is 3.08. The van der Waals surface area contributed by atoms with E-state index in [1.54, 1.807) is 6.08 Å². The largest absolute Gasteiger partial charge is 0.461 e. The second-order valence-corrected chi connectivity index (χ2v) is 3.42. The Labute approximate surface area is 92.7 Å². The van der Waals surface area contributed by atoms with E-state index in [4.69, 9.17) is 11.2 Å². The molecule has 0 fully saturated rings. The van der Waals surface area contributed by atoms with Gasteiger partial charge in [0.2, 0.25) is 0 Å². The number of allylic oxidation sites excluding steroid dienone is 1. The molecule has 0 amide bonds. The van der Waals surface area contributed by atoms with Crippen molar-refractivity contribution in [1.29, 1.82) is 0 Å². The molecule has 0 spiro atoms. The number of unbranched alkanes of at least 4 members (excludes halogenated alkanes) is 4. The Bertz CT molecular complexity index is 223. The Balaban J connectivity index is 3.27. The van der Waals surface area contributed by atoms with Crippen LogP contribution >= 0.6 is 0 Å². The molecule has 15 heavy (non-hydrogen) atoms. The summed E-state index contributed by atoms with van der Waals surface area (Å²) in [6.45, 7) is 2.46. The summed E-state index contributed by atoms with van der Waals surface area (Å²) < 4.78 is 4.93. The lowest BCUT2D eigenvalue weighted by atomic mass is 10.1. The first kappa shape index (κ1) is 13.8. The number of terminal acetylenes is 1. The topological polar surface area (TPSA) is 26.3 Å². The Morgan fingerprint density at radius 3 is 2.73 bits per heavy atom. The van der Waals surface area contributed by atoms with E-state index in [2.05, 4.69) is 12.8 Å². The van der Waals surface area contributed by atoms with Crippen molar-refractivity contribution in [2.45, 2.75) is 45.4 Å². The van der Waals surface area contributed by atoms with Crippen molar-refractivity contribution < 1.29 is 9.53 Å². The molecule has 0 aromatic carbocycles. The Kier molecular flexibility index (Phi) is 9.96. The van der Waals surface area contributed by atoms with Crippen molar-refractivity contribution in [2.75, 3.05) is 6.61 Å². The third-order valence-electron chi connectivity index (χ3n) is 2.04. The van der Waals surface area contributed by atoms with Crippen LogP contribution in [-0.4, -0.2) is 12.6 Å². The number of esters is 1. The van der Waals surface area contributed by atoms with Crippen LogP contribution in [0.2, 0.25) is 0 Å². The normalized spacial score (nSPS) is 10.1. The molecule has 84 valence electrons. The first-order valence-corrected chi connectivity index (χ1v) is 5.58. The van der Waals surface area contributed by atoms with Gasteiger partial charge in [-0.05, 0) is 18.6 Å². The summed E-state index contributed by atoms with van der Waals surface area (Å²) in [6.07, 6.45) is 14.4. The molecule has 0 radical (unpaired) electrons. The van der Waals surface area contributed by atoms with Gasteiger partial charge in [0.1, 0.15) is 6.61 Å². The summed E-state index contributed by atoms with van der Waals surface area (Å²) in [4.78, 5) is 11.1. The molecular weight excluding hydrogens is 188 g/mol. The highest BCUT2D eigenvalue weighted by Gasteiger charge is 2.00.